The second kappa shape index (κ2) is 11.8. The first-order valence-electron chi connectivity index (χ1n) is 8.72. The average molecular weight is 417 g/mol. The van der Waals surface area contributed by atoms with Gasteiger partial charge in [-0.3, -0.25) is 9.80 Å². The normalized spacial score (nSPS) is 16.4. The quantitative estimate of drug-likeness (QED) is 0.771. The monoisotopic (exact) mass is 415 g/mol. The Balaban J connectivity index is 0.00000169. The maximum absolute atomic E-state index is 6.03. The molecule has 2 N–H and O–H groups in total. The van der Waals surface area contributed by atoms with Crippen molar-refractivity contribution in [3.8, 4) is 0 Å². The van der Waals surface area contributed by atoms with Gasteiger partial charge < -0.3 is 5.73 Å². The molecule has 26 heavy (non-hydrogen) atoms. The second-order valence-corrected chi connectivity index (χ2v) is 6.86. The minimum absolute atomic E-state index is 0. The van der Waals surface area contributed by atoms with Crippen LogP contribution in [-0.4, -0.2) is 49.1 Å². The van der Waals surface area contributed by atoms with Gasteiger partial charge in [0.15, 0.2) is 0 Å². The lowest BCUT2D eigenvalue weighted by Gasteiger charge is -2.39. The maximum atomic E-state index is 6.03. The predicted molar refractivity (Wildman–Crippen MR) is 116 cm³/mol. The van der Waals surface area contributed by atoms with Crippen molar-refractivity contribution in [3.05, 3.63) is 70.7 Å². The number of halogens is 3. The van der Waals surface area contributed by atoms with Crippen LogP contribution in [0, 0.1) is 0 Å². The summed E-state index contributed by atoms with van der Waals surface area (Å²) in [6.45, 7) is 6.12. The summed E-state index contributed by atoms with van der Waals surface area (Å²) < 4.78 is 0. The fraction of sp³-hybridized carbons (Fsp3) is 0.400. The van der Waals surface area contributed by atoms with Gasteiger partial charge in [-0.1, -0.05) is 54.1 Å². The van der Waals surface area contributed by atoms with Gasteiger partial charge in [0.25, 0.3) is 0 Å². The van der Waals surface area contributed by atoms with Crippen molar-refractivity contribution in [1.29, 1.82) is 0 Å². The van der Waals surface area contributed by atoms with Crippen LogP contribution in [0.2, 0.25) is 5.02 Å². The van der Waals surface area contributed by atoms with E-state index in [0.29, 0.717) is 6.04 Å². The minimum Gasteiger partial charge on any atom is -0.329 e. The summed E-state index contributed by atoms with van der Waals surface area (Å²) in [5.41, 5.74) is 8.41. The molecule has 1 heterocycles. The third-order valence-corrected chi connectivity index (χ3v) is 5.07. The van der Waals surface area contributed by atoms with Crippen molar-refractivity contribution < 1.29 is 0 Å². The van der Waals surface area contributed by atoms with Crippen molar-refractivity contribution in [1.82, 2.24) is 9.80 Å². The highest BCUT2D eigenvalue weighted by molar-refractivity contribution is 6.30. The van der Waals surface area contributed by atoms with E-state index >= 15 is 0 Å². The molecule has 0 aromatic heterocycles. The van der Waals surface area contributed by atoms with E-state index in [-0.39, 0.29) is 24.8 Å². The molecule has 0 saturated carbocycles. The van der Waals surface area contributed by atoms with Gasteiger partial charge in [-0.25, -0.2) is 0 Å². The SMILES string of the molecule is Cl.Cl.NCCN1CCN(C(Cc2ccc(Cl)cc2)c2ccccc2)CC1. The highest BCUT2D eigenvalue weighted by Crippen LogP contribution is 2.26. The third kappa shape index (κ3) is 6.41. The minimum atomic E-state index is 0. The Morgan fingerprint density at radius 2 is 1.50 bits per heavy atom. The third-order valence-electron chi connectivity index (χ3n) is 4.82. The van der Waals surface area contributed by atoms with Gasteiger partial charge >= 0.3 is 0 Å². The number of rotatable bonds is 6. The molecule has 2 aromatic carbocycles. The Kier molecular flexibility index (Phi) is 10.6. The van der Waals surface area contributed by atoms with Crippen LogP contribution in [-0.2, 0) is 6.42 Å². The number of piperazine rings is 1. The molecule has 2 aromatic rings. The highest BCUT2D eigenvalue weighted by atomic mass is 35.5. The highest BCUT2D eigenvalue weighted by Gasteiger charge is 2.24. The van der Waals surface area contributed by atoms with E-state index in [0.717, 1.165) is 50.7 Å². The van der Waals surface area contributed by atoms with Gasteiger partial charge in [-0.15, -0.1) is 24.8 Å². The van der Waals surface area contributed by atoms with Crippen molar-refractivity contribution in [2.75, 3.05) is 39.3 Å². The van der Waals surface area contributed by atoms with E-state index in [1.807, 2.05) is 12.1 Å². The summed E-state index contributed by atoms with van der Waals surface area (Å²) >= 11 is 6.03. The van der Waals surface area contributed by atoms with Crippen LogP contribution in [0.1, 0.15) is 17.2 Å². The molecule has 6 heteroatoms. The Morgan fingerprint density at radius 1 is 0.885 bits per heavy atom. The van der Waals surface area contributed by atoms with Crippen LogP contribution in [0.25, 0.3) is 0 Å². The van der Waals surface area contributed by atoms with Crippen molar-refractivity contribution in [3.63, 3.8) is 0 Å². The summed E-state index contributed by atoms with van der Waals surface area (Å²) in [6, 6.07) is 19.5. The summed E-state index contributed by atoms with van der Waals surface area (Å²) in [5.74, 6) is 0. The van der Waals surface area contributed by atoms with Crippen LogP contribution in [0.3, 0.4) is 0 Å². The summed E-state index contributed by atoms with van der Waals surface area (Å²) in [4.78, 5) is 5.07. The van der Waals surface area contributed by atoms with Crippen LogP contribution in [0.15, 0.2) is 54.6 Å². The largest absolute Gasteiger partial charge is 0.329 e. The van der Waals surface area contributed by atoms with Gasteiger partial charge in [-0.2, -0.15) is 0 Å². The lowest BCUT2D eigenvalue weighted by Crippen LogP contribution is -2.49. The van der Waals surface area contributed by atoms with Crippen molar-refractivity contribution in [2.24, 2.45) is 5.73 Å². The fourth-order valence-electron chi connectivity index (χ4n) is 3.46. The zero-order valence-corrected chi connectivity index (χ0v) is 17.3. The van der Waals surface area contributed by atoms with E-state index < -0.39 is 0 Å². The molecule has 0 aliphatic carbocycles. The zero-order valence-electron chi connectivity index (χ0n) is 14.9. The summed E-state index contributed by atoms with van der Waals surface area (Å²) in [7, 11) is 0. The summed E-state index contributed by atoms with van der Waals surface area (Å²) in [6.07, 6.45) is 1.01. The van der Waals surface area contributed by atoms with E-state index in [9.17, 15) is 0 Å². The lowest BCUT2D eigenvalue weighted by molar-refractivity contribution is 0.0973. The number of nitrogens with two attached hydrogens (primary N) is 1. The first-order valence-corrected chi connectivity index (χ1v) is 9.10. The van der Waals surface area contributed by atoms with Gasteiger partial charge in [-0.05, 0) is 29.7 Å². The Bertz CT molecular complexity index is 614. The molecular weight excluding hydrogens is 389 g/mol. The molecule has 1 aliphatic rings. The molecule has 1 unspecified atom stereocenters. The number of nitrogens with zero attached hydrogens (tertiary/aromatic N) is 2. The standard InChI is InChI=1S/C20H26ClN3.2ClH/c21-19-8-6-17(7-9-19)16-20(18-4-2-1-3-5-18)24-14-12-23(11-10-22)13-15-24;;/h1-9,20H,10-16,22H2;2*1H. The fourth-order valence-corrected chi connectivity index (χ4v) is 3.58. The molecule has 0 amide bonds. The molecule has 0 spiro atoms. The van der Waals surface area contributed by atoms with Crippen LogP contribution in [0.5, 0.6) is 0 Å². The van der Waals surface area contributed by atoms with E-state index in [4.69, 9.17) is 17.3 Å². The number of hydrogen-bond donors (Lipinski definition) is 1. The first kappa shape index (κ1) is 23.2. The molecule has 0 radical (unpaired) electrons. The summed E-state index contributed by atoms with van der Waals surface area (Å²) in [5, 5.41) is 0.797. The Morgan fingerprint density at radius 3 is 2.08 bits per heavy atom. The van der Waals surface area contributed by atoms with Gasteiger partial charge in [0.05, 0.1) is 0 Å². The zero-order chi connectivity index (χ0) is 16.8. The van der Waals surface area contributed by atoms with Crippen LogP contribution >= 0.6 is 36.4 Å². The second-order valence-electron chi connectivity index (χ2n) is 6.42. The smallest absolute Gasteiger partial charge is 0.0406 e. The number of hydrogen-bond acceptors (Lipinski definition) is 3. The molecule has 1 fully saturated rings. The van der Waals surface area contributed by atoms with E-state index in [1.54, 1.807) is 0 Å². The van der Waals surface area contributed by atoms with Gasteiger partial charge in [0.2, 0.25) is 0 Å². The van der Waals surface area contributed by atoms with E-state index in [2.05, 4.69) is 52.3 Å². The van der Waals surface area contributed by atoms with Gasteiger partial charge in [0, 0.05) is 50.3 Å². The molecule has 1 aliphatic heterocycles. The molecule has 1 atom stereocenters. The predicted octanol–water partition coefficient (Wildman–Crippen LogP) is 4.04. The van der Waals surface area contributed by atoms with Crippen molar-refractivity contribution >= 4 is 36.4 Å². The molecule has 1 saturated heterocycles. The average Bonchev–Trinajstić information content (AvgIpc) is 2.63. The Labute approximate surface area is 174 Å². The van der Waals surface area contributed by atoms with Crippen molar-refractivity contribution in [2.45, 2.75) is 12.5 Å². The van der Waals surface area contributed by atoms with E-state index in [1.165, 1.54) is 11.1 Å². The lowest BCUT2D eigenvalue weighted by atomic mass is 9.96. The molecule has 3 rings (SSSR count). The molecule has 144 valence electrons. The topological polar surface area (TPSA) is 32.5 Å². The Hall–Kier alpha value is -0.810. The maximum Gasteiger partial charge on any atom is 0.0406 e. The molecular formula is C20H28Cl3N3. The van der Waals surface area contributed by atoms with Crippen LogP contribution in [0.4, 0.5) is 0 Å². The number of benzene rings is 2. The molecule has 3 nitrogen and oxygen atoms in total. The van der Waals surface area contributed by atoms with Gasteiger partial charge in [0.1, 0.15) is 0 Å². The molecule has 0 bridgehead atoms. The van der Waals surface area contributed by atoms with Crippen LogP contribution < -0.4 is 5.73 Å². The first-order chi connectivity index (χ1) is 11.8.